The highest BCUT2D eigenvalue weighted by Crippen LogP contribution is 2.36. The van der Waals surface area contributed by atoms with E-state index in [0.717, 1.165) is 11.3 Å². The van der Waals surface area contributed by atoms with E-state index in [0.29, 0.717) is 35.3 Å². The number of rotatable bonds is 8. The molecule has 0 unspecified atom stereocenters. The van der Waals surface area contributed by atoms with Gasteiger partial charge in [-0.25, -0.2) is 0 Å². The van der Waals surface area contributed by atoms with Crippen molar-refractivity contribution in [2.45, 2.75) is 6.92 Å². The van der Waals surface area contributed by atoms with Gasteiger partial charge in [-0.05, 0) is 48.9 Å². The van der Waals surface area contributed by atoms with Crippen LogP contribution in [-0.4, -0.2) is 19.4 Å². The van der Waals surface area contributed by atoms with E-state index < -0.39 is 0 Å². The maximum atomic E-state index is 8.79. The van der Waals surface area contributed by atoms with Crippen LogP contribution in [-0.2, 0) is 0 Å². The number of nitrogens with one attached hydrogen (secondary N) is 1. The van der Waals surface area contributed by atoms with Gasteiger partial charge in [-0.1, -0.05) is 24.3 Å². The number of anilines is 1. The van der Waals surface area contributed by atoms with Crippen molar-refractivity contribution in [3.63, 3.8) is 0 Å². The standard InChI is InChI=1S/C19H18ClN3O2/c1-3-9-25-19-17(20)10-15(11-18(19)24-4-2)13-22-23-16-7-5-14(12-21)6-8-16/h3,5-8,10-11,13,23H,1,4,9H2,2H3. The van der Waals surface area contributed by atoms with Gasteiger partial charge in [-0.3, -0.25) is 5.43 Å². The Kier molecular flexibility index (Phi) is 6.87. The van der Waals surface area contributed by atoms with Crippen LogP contribution in [0.5, 0.6) is 11.5 Å². The number of hydrazone groups is 1. The van der Waals surface area contributed by atoms with E-state index in [1.165, 1.54) is 0 Å². The van der Waals surface area contributed by atoms with Gasteiger partial charge in [0, 0.05) is 0 Å². The number of ether oxygens (including phenoxy) is 2. The summed E-state index contributed by atoms with van der Waals surface area (Å²) in [6.07, 6.45) is 3.27. The van der Waals surface area contributed by atoms with Crippen LogP contribution in [0, 0.1) is 11.3 Å². The monoisotopic (exact) mass is 355 g/mol. The van der Waals surface area contributed by atoms with Crippen LogP contribution in [0.1, 0.15) is 18.1 Å². The Labute approximate surface area is 152 Å². The molecular weight excluding hydrogens is 338 g/mol. The summed E-state index contributed by atoms with van der Waals surface area (Å²) in [6.45, 7) is 6.34. The van der Waals surface area contributed by atoms with Gasteiger partial charge in [0.2, 0.25) is 0 Å². The Morgan fingerprint density at radius 2 is 2.04 bits per heavy atom. The summed E-state index contributed by atoms with van der Waals surface area (Å²) >= 11 is 6.28. The minimum absolute atomic E-state index is 0.341. The molecule has 0 aromatic heterocycles. The molecule has 0 aliphatic carbocycles. The summed E-state index contributed by atoms with van der Waals surface area (Å²) in [5.41, 5.74) is 5.03. The van der Waals surface area contributed by atoms with E-state index in [4.69, 9.17) is 26.3 Å². The van der Waals surface area contributed by atoms with E-state index in [2.05, 4.69) is 23.2 Å². The number of hydrogen-bond donors (Lipinski definition) is 1. The molecule has 2 rings (SSSR count). The lowest BCUT2D eigenvalue weighted by Gasteiger charge is -2.13. The van der Waals surface area contributed by atoms with Crippen LogP contribution in [0.2, 0.25) is 5.02 Å². The fraction of sp³-hybridized carbons (Fsp3) is 0.158. The maximum Gasteiger partial charge on any atom is 0.180 e. The quantitative estimate of drug-likeness (QED) is 0.426. The van der Waals surface area contributed by atoms with Crippen molar-refractivity contribution >= 4 is 23.5 Å². The molecule has 0 saturated carbocycles. The second kappa shape index (κ2) is 9.36. The van der Waals surface area contributed by atoms with Crippen molar-refractivity contribution in [3.8, 4) is 17.6 Å². The number of benzene rings is 2. The van der Waals surface area contributed by atoms with Gasteiger partial charge >= 0.3 is 0 Å². The number of hydrogen-bond acceptors (Lipinski definition) is 5. The van der Waals surface area contributed by atoms with Crippen molar-refractivity contribution in [1.82, 2.24) is 0 Å². The van der Waals surface area contributed by atoms with E-state index in [-0.39, 0.29) is 0 Å². The lowest BCUT2D eigenvalue weighted by molar-refractivity contribution is 0.297. The Bertz CT molecular complexity index is 796. The largest absolute Gasteiger partial charge is 0.490 e. The van der Waals surface area contributed by atoms with Crippen LogP contribution in [0.4, 0.5) is 5.69 Å². The molecule has 5 nitrogen and oxygen atoms in total. The molecule has 2 aromatic rings. The van der Waals surface area contributed by atoms with Gasteiger partial charge in [-0.2, -0.15) is 10.4 Å². The molecule has 2 aromatic carbocycles. The van der Waals surface area contributed by atoms with Crippen LogP contribution in [0.25, 0.3) is 0 Å². The summed E-state index contributed by atoms with van der Waals surface area (Å²) in [4.78, 5) is 0. The molecule has 0 atom stereocenters. The molecule has 0 bridgehead atoms. The minimum atomic E-state index is 0.341. The number of nitriles is 1. The molecule has 0 aliphatic rings. The van der Waals surface area contributed by atoms with Crippen LogP contribution in [0.3, 0.4) is 0 Å². The van der Waals surface area contributed by atoms with Gasteiger partial charge in [0.05, 0.1) is 35.2 Å². The molecule has 0 radical (unpaired) electrons. The Balaban J connectivity index is 2.14. The SMILES string of the molecule is C=CCOc1c(Cl)cc(C=NNc2ccc(C#N)cc2)cc1OCC. The smallest absolute Gasteiger partial charge is 0.180 e. The van der Waals surface area contributed by atoms with Gasteiger partial charge in [0.1, 0.15) is 6.61 Å². The highest BCUT2D eigenvalue weighted by molar-refractivity contribution is 6.32. The van der Waals surface area contributed by atoms with Gasteiger partial charge in [-0.15, -0.1) is 0 Å². The van der Waals surface area contributed by atoms with Gasteiger partial charge in [0.15, 0.2) is 11.5 Å². The van der Waals surface area contributed by atoms with Crippen LogP contribution in [0.15, 0.2) is 54.2 Å². The van der Waals surface area contributed by atoms with E-state index >= 15 is 0 Å². The zero-order valence-corrected chi connectivity index (χ0v) is 14.6. The van der Waals surface area contributed by atoms with Gasteiger partial charge in [0.25, 0.3) is 0 Å². The molecule has 0 amide bonds. The molecule has 0 heterocycles. The first-order chi connectivity index (χ1) is 12.2. The molecule has 0 fully saturated rings. The van der Waals surface area contributed by atoms with Crippen molar-refractivity contribution < 1.29 is 9.47 Å². The fourth-order valence-electron chi connectivity index (χ4n) is 2.01. The van der Waals surface area contributed by atoms with E-state index in [1.807, 2.05) is 6.92 Å². The summed E-state index contributed by atoms with van der Waals surface area (Å²) in [6, 6.07) is 12.6. The second-order valence-corrected chi connectivity index (χ2v) is 5.33. The van der Waals surface area contributed by atoms with Gasteiger partial charge < -0.3 is 9.47 Å². The maximum absolute atomic E-state index is 8.79. The van der Waals surface area contributed by atoms with Crippen molar-refractivity contribution in [2.24, 2.45) is 5.10 Å². The summed E-state index contributed by atoms with van der Waals surface area (Å²) in [5, 5.41) is 13.4. The van der Waals surface area contributed by atoms with Crippen molar-refractivity contribution in [1.29, 1.82) is 5.26 Å². The summed E-state index contributed by atoms with van der Waals surface area (Å²) in [5.74, 6) is 1.04. The summed E-state index contributed by atoms with van der Waals surface area (Å²) in [7, 11) is 0. The van der Waals surface area contributed by atoms with Crippen LogP contribution < -0.4 is 14.9 Å². The van der Waals surface area contributed by atoms with Crippen molar-refractivity contribution in [2.75, 3.05) is 18.6 Å². The topological polar surface area (TPSA) is 66.6 Å². The first-order valence-corrected chi connectivity index (χ1v) is 8.05. The summed E-state index contributed by atoms with van der Waals surface area (Å²) < 4.78 is 11.1. The molecule has 6 heteroatoms. The molecule has 1 N–H and O–H groups in total. The lowest BCUT2D eigenvalue weighted by atomic mass is 10.2. The average Bonchev–Trinajstić information content (AvgIpc) is 2.62. The molecular formula is C19H18ClN3O2. The predicted octanol–water partition coefficient (Wildman–Crippen LogP) is 4.62. The Morgan fingerprint density at radius 1 is 1.28 bits per heavy atom. The van der Waals surface area contributed by atoms with E-state index in [9.17, 15) is 0 Å². The third-order valence-electron chi connectivity index (χ3n) is 3.10. The third-order valence-corrected chi connectivity index (χ3v) is 3.38. The Morgan fingerprint density at radius 3 is 2.68 bits per heavy atom. The zero-order valence-electron chi connectivity index (χ0n) is 13.8. The molecule has 0 spiro atoms. The zero-order chi connectivity index (χ0) is 18.1. The third kappa shape index (κ3) is 5.27. The first kappa shape index (κ1) is 18.4. The number of halogens is 1. The number of nitrogens with zero attached hydrogens (tertiary/aromatic N) is 2. The molecule has 128 valence electrons. The minimum Gasteiger partial charge on any atom is -0.490 e. The normalized spacial score (nSPS) is 10.3. The van der Waals surface area contributed by atoms with Crippen LogP contribution >= 0.6 is 11.6 Å². The predicted molar refractivity (Wildman–Crippen MR) is 101 cm³/mol. The Hall–Kier alpha value is -2.97. The molecule has 0 aliphatic heterocycles. The molecule has 0 saturated heterocycles. The second-order valence-electron chi connectivity index (χ2n) is 4.92. The van der Waals surface area contributed by atoms with E-state index in [1.54, 1.807) is 48.7 Å². The highest BCUT2D eigenvalue weighted by atomic mass is 35.5. The highest BCUT2D eigenvalue weighted by Gasteiger charge is 2.11. The average molecular weight is 356 g/mol. The fourth-order valence-corrected chi connectivity index (χ4v) is 2.28. The first-order valence-electron chi connectivity index (χ1n) is 7.67. The molecule has 25 heavy (non-hydrogen) atoms. The lowest BCUT2D eigenvalue weighted by Crippen LogP contribution is -2.01. The van der Waals surface area contributed by atoms with Crippen molar-refractivity contribution in [3.05, 3.63) is 65.2 Å².